The van der Waals surface area contributed by atoms with Gasteiger partial charge in [-0.3, -0.25) is 0 Å². The Hall–Kier alpha value is -2.24. The van der Waals surface area contributed by atoms with Crippen molar-refractivity contribution in [2.75, 3.05) is 12.1 Å². The van der Waals surface area contributed by atoms with Crippen molar-refractivity contribution in [3.8, 4) is 11.5 Å². The highest BCUT2D eigenvalue weighted by Crippen LogP contribution is 2.33. The Morgan fingerprint density at radius 1 is 1.04 bits per heavy atom. The zero-order chi connectivity index (χ0) is 15.8. The Morgan fingerprint density at radius 2 is 1.91 bits per heavy atom. The van der Waals surface area contributed by atoms with Crippen molar-refractivity contribution >= 4 is 39.9 Å². The van der Waals surface area contributed by atoms with Crippen LogP contribution in [-0.2, 0) is 6.54 Å². The summed E-state index contributed by atoms with van der Waals surface area (Å²) in [6.45, 7) is 0.840. The van der Waals surface area contributed by atoms with E-state index in [0.29, 0.717) is 27.9 Å². The summed E-state index contributed by atoms with van der Waals surface area (Å²) in [5.41, 5.74) is 1.72. The summed E-state index contributed by atoms with van der Waals surface area (Å²) in [6, 6.07) is 9.28. The van der Waals surface area contributed by atoms with Gasteiger partial charge in [-0.05, 0) is 29.8 Å². The summed E-state index contributed by atoms with van der Waals surface area (Å²) >= 11 is 12.3. The van der Waals surface area contributed by atoms with E-state index in [2.05, 4.69) is 15.3 Å². The fourth-order valence-electron chi connectivity index (χ4n) is 2.47. The summed E-state index contributed by atoms with van der Waals surface area (Å²) in [4.78, 5) is 8.49. The lowest BCUT2D eigenvalue weighted by Crippen LogP contribution is -2.02. The molecule has 0 spiro atoms. The Morgan fingerprint density at radius 3 is 2.83 bits per heavy atom. The molecule has 2 aromatic carbocycles. The summed E-state index contributed by atoms with van der Waals surface area (Å²) in [5.74, 6) is 2.19. The van der Waals surface area contributed by atoms with Crippen LogP contribution in [0.15, 0.2) is 36.7 Å². The second-order valence-electron chi connectivity index (χ2n) is 5.05. The predicted octanol–water partition coefficient (Wildman–Crippen LogP) is 4.28. The number of ether oxygens (including phenoxy) is 2. The molecule has 1 aliphatic rings. The van der Waals surface area contributed by atoms with E-state index in [1.165, 1.54) is 6.33 Å². The number of hydrogen-bond donors (Lipinski definition) is 1. The van der Waals surface area contributed by atoms with Crippen molar-refractivity contribution in [3.05, 3.63) is 52.3 Å². The monoisotopic (exact) mass is 347 g/mol. The van der Waals surface area contributed by atoms with Crippen LogP contribution >= 0.6 is 23.2 Å². The Kier molecular flexibility index (Phi) is 3.59. The zero-order valence-corrected chi connectivity index (χ0v) is 13.4. The number of nitrogens with zero attached hydrogens (tertiary/aromatic N) is 2. The molecule has 1 aromatic heterocycles. The third-order valence-corrected chi connectivity index (χ3v) is 4.06. The van der Waals surface area contributed by atoms with Gasteiger partial charge >= 0.3 is 0 Å². The molecule has 116 valence electrons. The zero-order valence-electron chi connectivity index (χ0n) is 11.8. The summed E-state index contributed by atoms with van der Waals surface area (Å²) in [5, 5.41) is 5.11. The van der Waals surface area contributed by atoms with Gasteiger partial charge in [-0.1, -0.05) is 29.3 Å². The number of rotatable bonds is 3. The Balaban J connectivity index is 1.63. The summed E-state index contributed by atoms with van der Waals surface area (Å²) < 4.78 is 10.7. The SMILES string of the molecule is Clc1cc(Cl)c2ncnc(NCc3ccc4c(c3)OCO4)c2c1. The number of anilines is 1. The van der Waals surface area contributed by atoms with Gasteiger partial charge in [0.2, 0.25) is 6.79 Å². The van der Waals surface area contributed by atoms with Gasteiger partial charge in [0.1, 0.15) is 12.1 Å². The van der Waals surface area contributed by atoms with Crippen LogP contribution < -0.4 is 14.8 Å². The van der Waals surface area contributed by atoms with E-state index in [0.717, 1.165) is 22.4 Å². The molecule has 1 N–H and O–H groups in total. The molecule has 0 amide bonds. The van der Waals surface area contributed by atoms with Gasteiger partial charge in [-0.25, -0.2) is 9.97 Å². The van der Waals surface area contributed by atoms with Crippen molar-refractivity contribution < 1.29 is 9.47 Å². The lowest BCUT2D eigenvalue weighted by molar-refractivity contribution is 0.174. The molecule has 7 heteroatoms. The third kappa shape index (κ3) is 2.73. The highest BCUT2D eigenvalue weighted by atomic mass is 35.5. The molecule has 0 saturated carbocycles. The van der Waals surface area contributed by atoms with Crippen LogP contribution in [-0.4, -0.2) is 16.8 Å². The molecule has 0 bridgehead atoms. The van der Waals surface area contributed by atoms with E-state index in [4.69, 9.17) is 32.7 Å². The van der Waals surface area contributed by atoms with Gasteiger partial charge in [0.15, 0.2) is 11.5 Å². The van der Waals surface area contributed by atoms with Crippen molar-refractivity contribution in [2.45, 2.75) is 6.54 Å². The van der Waals surface area contributed by atoms with Crippen molar-refractivity contribution in [2.24, 2.45) is 0 Å². The number of hydrogen-bond acceptors (Lipinski definition) is 5. The van der Waals surface area contributed by atoms with Crippen molar-refractivity contribution in [3.63, 3.8) is 0 Å². The standard InChI is InChI=1S/C16H11Cl2N3O2/c17-10-4-11-15(12(18)5-10)20-7-21-16(11)19-6-9-1-2-13-14(3-9)23-8-22-13/h1-5,7H,6,8H2,(H,19,20,21). The average molecular weight is 348 g/mol. The molecule has 1 aliphatic heterocycles. The second-order valence-corrected chi connectivity index (χ2v) is 5.89. The van der Waals surface area contributed by atoms with E-state index in [-0.39, 0.29) is 6.79 Å². The predicted molar refractivity (Wildman–Crippen MR) is 89.4 cm³/mol. The second kappa shape index (κ2) is 5.76. The van der Waals surface area contributed by atoms with Gasteiger partial charge in [-0.2, -0.15) is 0 Å². The Labute approximate surface area is 142 Å². The first-order chi connectivity index (χ1) is 11.2. The van der Waals surface area contributed by atoms with Gasteiger partial charge < -0.3 is 14.8 Å². The molecule has 3 aromatic rings. The van der Waals surface area contributed by atoms with Gasteiger partial charge in [0.25, 0.3) is 0 Å². The number of nitrogens with one attached hydrogen (secondary N) is 1. The molecular formula is C16H11Cl2N3O2. The van der Waals surface area contributed by atoms with Gasteiger partial charge in [-0.15, -0.1) is 0 Å². The Bertz CT molecular complexity index is 902. The van der Waals surface area contributed by atoms with Crippen molar-refractivity contribution in [1.82, 2.24) is 9.97 Å². The number of halogens is 2. The van der Waals surface area contributed by atoms with Crippen molar-refractivity contribution in [1.29, 1.82) is 0 Å². The number of aromatic nitrogens is 2. The molecule has 2 heterocycles. The minimum Gasteiger partial charge on any atom is -0.454 e. The molecule has 0 fully saturated rings. The lowest BCUT2D eigenvalue weighted by Gasteiger charge is -2.10. The highest BCUT2D eigenvalue weighted by Gasteiger charge is 2.13. The van der Waals surface area contributed by atoms with Crippen LogP contribution in [0.3, 0.4) is 0 Å². The van der Waals surface area contributed by atoms with Crippen LogP contribution in [0.1, 0.15) is 5.56 Å². The normalized spacial score (nSPS) is 12.6. The molecule has 0 aliphatic carbocycles. The summed E-state index contributed by atoms with van der Waals surface area (Å²) in [6.07, 6.45) is 1.48. The molecule has 0 unspecified atom stereocenters. The minimum absolute atomic E-state index is 0.264. The maximum atomic E-state index is 6.18. The first kappa shape index (κ1) is 14.4. The first-order valence-electron chi connectivity index (χ1n) is 6.93. The molecule has 5 nitrogen and oxygen atoms in total. The van der Waals surface area contributed by atoms with E-state index < -0.39 is 0 Å². The van der Waals surface area contributed by atoms with Crippen LogP contribution in [0, 0.1) is 0 Å². The van der Waals surface area contributed by atoms with Gasteiger partial charge in [0.05, 0.1) is 10.5 Å². The minimum atomic E-state index is 0.264. The topological polar surface area (TPSA) is 56.3 Å². The molecule has 4 rings (SSSR count). The number of fused-ring (bicyclic) bond motifs is 2. The van der Waals surface area contributed by atoms with E-state index in [1.807, 2.05) is 18.2 Å². The quantitative estimate of drug-likeness (QED) is 0.766. The van der Waals surface area contributed by atoms with Gasteiger partial charge in [0, 0.05) is 17.0 Å². The first-order valence-corrected chi connectivity index (χ1v) is 7.68. The third-order valence-electron chi connectivity index (χ3n) is 3.55. The maximum Gasteiger partial charge on any atom is 0.231 e. The molecule has 0 radical (unpaired) electrons. The van der Waals surface area contributed by atoms with Crippen LogP contribution in [0.25, 0.3) is 10.9 Å². The van der Waals surface area contributed by atoms with E-state index in [9.17, 15) is 0 Å². The molecule has 23 heavy (non-hydrogen) atoms. The average Bonchev–Trinajstić information content (AvgIpc) is 3.00. The lowest BCUT2D eigenvalue weighted by atomic mass is 10.2. The fraction of sp³-hybridized carbons (Fsp3) is 0.125. The van der Waals surface area contributed by atoms with Crippen LogP contribution in [0.5, 0.6) is 11.5 Å². The molecule has 0 atom stereocenters. The van der Waals surface area contributed by atoms with E-state index in [1.54, 1.807) is 12.1 Å². The van der Waals surface area contributed by atoms with Crippen LogP contribution in [0.4, 0.5) is 5.82 Å². The number of benzene rings is 2. The fourth-order valence-corrected chi connectivity index (χ4v) is 3.01. The van der Waals surface area contributed by atoms with E-state index >= 15 is 0 Å². The molecular weight excluding hydrogens is 337 g/mol. The van der Waals surface area contributed by atoms with Crippen LogP contribution in [0.2, 0.25) is 10.0 Å². The maximum absolute atomic E-state index is 6.18. The molecule has 0 saturated heterocycles. The summed E-state index contributed by atoms with van der Waals surface area (Å²) in [7, 11) is 0. The smallest absolute Gasteiger partial charge is 0.231 e. The largest absolute Gasteiger partial charge is 0.454 e. The highest BCUT2D eigenvalue weighted by molar-refractivity contribution is 6.38.